The molecule has 0 spiro atoms. The van der Waals surface area contributed by atoms with E-state index < -0.39 is 5.97 Å². The van der Waals surface area contributed by atoms with E-state index >= 15 is 0 Å². The molecular weight excluding hydrogens is 194 g/mol. The predicted molar refractivity (Wildman–Crippen MR) is 59.4 cm³/mol. The molecule has 0 bridgehead atoms. The van der Waals surface area contributed by atoms with E-state index in [4.69, 9.17) is 5.11 Å². The fourth-order valence-corrected chi connectivity index (χ4v) is 0.966. The molecule has 1 rings (SSSR count). The van der Waals surface area contributed by atoms with Crippen molar-refractivity contribution < 1.29 is 9.90 Å². The van der Waals surface area contributed by atoms with Crippen molar-refractivity contribution in [3.8, 4) is 0 Å². The van der Waals surface area contributed by atoms with Gasteiger partial charge in [0.05, 0.1) is 18.6 Å². The highest BCUT2D eigenvalue weighted by atomic mass is 16.4. The van der Waals surface area contributed by atoms with Gasteiger partial charge in [0.25, 0.3) is 0 Å². The van der Waals surface area contributed by atoms with Crippen molar-refractivity contribution in [2.45, 2.75) is 0 Å². The van der Waals surface area contributed by atoms with Gasteiger partial charge >= 0.3 is 5.97 Å². The topological polar surface area (TPSA) is 73.7 Å². The van der Waals surface area contributed by atoms with Crippen LogP contribution in [0.1, 0.15) is 10.4 Å². The highest BCUT2D eigenvalue weighted by Crippen LogP contribution is 2.08. The molecule has 0 atom stereocenters. The van der Waals surface area contributed by atoms with Gasteiger partial charge in [-0.2, -0.15) is 0 Å². The monoisotopic (exact) mass is 207 g/mol. The Morgan fingerprint density at radius 2 is 2.13 bits per heavy atom. The van der Waals surface area contributed by atoms with Gasteiger partial charge < -0.3 is 15.7 Å². The molecule has 0 amide bonds. The molecule has 0 saturated carbocycles. The quantitative estimate of drug-likeness (QED) is 0.497. The first kappa shape index (κ1) is 11.2. The van der Waals surface area contributed by atoms with E-state index in [1.165, 1.54) is 12.1 Å². The molecule has 80 valence electrons. The Bertz CT molecular complexity index is 346. The van der Waals surface area contributed by atoms with E-state index in [1.54, 1.807) is 25.5 Å². The standard InChI is InChI=1S/C10H13N3O2/c1-11-6-12-7-13-9-4-2-8(3-5-9)10(14)15/h2-5,7,11H,6H2,1H3,(H,12,13)(H,14,15). The van der Waals surface area contributed by atoms with Crippen molar-refractivity contribution in [2.75, 3.05) is 19.0 Å². The SMILES string of the molecule is CNC/N=C/Nc1ccc(C(=O)O)cc1. The summed E-state index contributed by atoms with van der Waals surface area (Å²) in [5, 5.41) is 14.5. The molecule has 0 aliphatic heterocycles. The Balaban J connectivity index is 2.53. The van der Waals surface area contributed by atoms with Gasteiger partial charge in [-0.1, -0.05) is 0 Å². The predicted octanol–water partition coefficient (Wildman–Crippen LogP) is 1.00. The van der Waals surface area contributed by atoms with Crippen molar-refractivity contribution in [2.24, 2.45) is 4.99 Å². The number of hydrogen-bond donors (Lipinski definition) is 3. The van der Waals surface area contributed by atoms with Crippen LogP contribution in [-0.4, -0.2) is 31.1 Å². The summed E-state index contributed by atoms with van der Waals surface area (Å²) in [7, 11) is 1.80. The number of anilines is 1. The van der Waals surface area contributed by atoms with Gasteiger partial charge in [-0.25, -0.2) is 4.79 Å². The highest BCUT2D eigenvalue weighted by Gasteiger charge is 2.00. The van der Waals surface area contributed by atoms with Gasteiger partial charge in [0.15, 0.2) is 0 Å². The molecular formula is C10H13N3O2. The summed E-state index contributed by atoms with van der Waals surface area (Å²) in [5.41, 5.74) is 1.08. The minimum absolute atomic E-state index is 0.271. The maximum atomic E-state index is 10.6. The first-order valence-corrected chi connectivity index (χ1v) is 4.47. The first-order valence-electron chi connectivity index (χ1n) is 4.47. The Labute approximate surface area is 87.8 Å². The first-order chi connectivity index (χ1) is 7.24. The number of carbonyl (C=O) groups is 1. The molecule has 1 aromatic carbocycles. The Morgan fingerprint density at radius 3 is 2.67 bits per heavy atom. The number of aromatic carboxylic acids is 1. The van der Waals surface area contributed by atoms with Crippen LogP contribution in [0.4, 0.5) is 5.69 Å². The van der Waals surface area contributed by atoms with E-state index in [9.17, 15) is 4.79 Å². The summed E-state index contributed by atoms with van der Waals surface area (Å²) >= 11 is 0. The molecule has 0 unspecified atom stereocenters. The van der Waals surface area contributed by atoms with Crippen molar-refractivity contribution in [3.05, 3.63) is 29.8 Å². The van der Waals surface area contributed by atoms with Crippen LogP contribution in [0, 0.1) is 0 Å². The van der Waals surface area contributed by atoms with E-state index in [1.807, 2.05) is 0 Å². The van der Waals surface area contributed by atoms with Crippen molar-refractivity contribution in [1.29, 1.82) is 0 Å². The lowest BCUT2D eigenvalue weighted by atomic mass is 10.2. The summed E-state index contributed by atoms with van der Waals surface area (Å²) < 4.78 is 0. The summed E-state index contributed by atoms with van der Waals surface area (Å²) in [6.07, 6.45) is 1.56. The van der Waals surface area contributed by atoms with Crippen LogP contribution in [0.15, 0.2) is 29.3 Å². The second-order valence-corrected chi connectivity index (χ2v) is 2.85. The lowest BCUT2D eigenvalue weighted by Gasteiger charge is -2.00. The van der Waals surface area contributed by atoms with Gasteiger partial charge in [-0.05, 0) is 31.3 Å². The van der Waals surface area contributed by atoms with Crippen molar-refractivity contribution in [3.63, 3.8) is 0 Å². The van der Waals surface area contributed by atoms with Crippen LogP contribution in [0.5, 0.6) is 0 Å². The maximum absolute atomic E-state index is 10.6. The number of carboxylic acid groups (broad SMARTS) is 1. The smallest absolute Gasteiger partial charge is 0.335 e. The number of aliphatic imine (C=N–C) groups is 1. The number of nitrogens with one attached hydrogen (secondary N) is 2. The third-order valence-corrected chi connectivity index (χ3v) is 1.70. The van der Waals surface area contributed by atoms with Crippen LogP contribution < -0.4 is 10.6 Å². The van der Waals surface area contributed by atoms with Crippen LogP contribution in [0.3, 0.4) is 0 Å². The van der Waals surface area contributed by atoms with Gasteiger partial charge in [0.2, 0.25) is 0 Å². The molecule has 0 radical (unpaired) electrons. The minimum Gasteiger partial charge on any atom is -0.478 e. The van der Waals surface area contributed by atoms with E-state index in [0.717, 1.165) is 5.69 Å². The van der Waals surface area contributed by atoms with Crippen LogP contribution in [0.25, 0.3) is 0 Å². The molecule has 0 fully saturated rings. The molecule has 0 aliphatic rings. The zero-order chi connectivity index (χ0) is 11.1. The van der Waals surface area contributed by atoms with Gasteiger partial charge in [-0.3, -0.25) is 4.99 Å². The Morgan fingerprint density at radius 1 is 1.47 bits per heavy atom. The van der Waals surface area contributed by atoms with Gasteiger partial charge in [0.1, 0.15) is 0 Å². The highest BCUT2D eigenvalue weighted by molar-refractivity contribution is 5.88. The Hall–Kier alpha value is -1.88. The summed E-state index contributed by atoms with van der Waals surface area (Å²) in [4.78, 5) is 14.5. The molecule has 0 aromatic heterocycles. The number of nitrogens with zero attached hydrogens (tertiary/aromatic N) is 1. The number of benzene rings is 1. The normalized spacial score (nSPS) is 10.5. The number of carboxylic acids is 1. The molecule has 15 heavy (non-hydrogen) atoms. The van der Waals surface area contributed by atoms with Gasteiger partial charge in [0, 0.05) is 5.69 Å². The molecule has 0 heterocycles. The second-order valence-electron chi connectivity index (χ2n) is 2.85. The molecule has 5 heteroatoms. The van der Waals surface area contributed by atoms with Crippen LogP contribution in [-0.2, 0) is 0 Å². The average Bonchev–Trinajstić information content (AvgIpc) is 2.25. The zero-order valence-electron chi connectivity index (χ0n) is 8.40. The fourth-order valence-electron chi connectivity index (χ4n) is 0.966. The Kier molecular flexibility index (Phi) is 4.30. The number of rotatable bonds is 5. The van der Waals surface area contributed by atoms with E-state index in [-0.39, 0.29) is 5.56 Å². The second kappa shape index (κ2) is 5.77. The van der Waals surface area contributed by atoms with Crippen LogP contribution >= 0.6 is 0 Å². The largest absolute Gasteiger partial charge is 0.478 e. The lowest BCUT2D eigenvalue weighted by Crippen LogP contribution is -2.06. The fraction of sp³-hybridized carbons (Fsp3) is 0.200. The molecule has 1 aromatic rings. The lowest BCUT2D eigenvalue weighted by molar-refractivity contribution is 0.0697. The maximum Gasteiger partial charge on any atom is 0.335 e. The summed E-state index contributed by atoms with van der Waals surface area (Å²) in [5.74, 6) is -0.926. The van der Waals surface area contributed by atoms with Crippen molar-refractivity contribution >= 4 is 18.0 Å². The average molecular weight is 207 g/mol. The third kappa shape index (κ3) is 3.78. The molecule has 5 nitrogen and oxygen atoms in total. The minimum atomic E-state index is -0.926. The summed E-state index contributed by atoms with van der Waals surface area (Å²) in [6, 6.07) is 6.46. The number of hydrogen-bond acceptors (Lipinski definition) is 3. The molecule has 0 aliphatic carbocycles. The zero-order valence-corrected chi connectivity index (χ0v) is 8.40. The van der Waals surface area contributed by atoms with Crippen LogP contribution in [0.2, 0.25) is 0 Å². The van der Waals surface area contributed by atoms with E-state index in [2.05, 4.69) is 15.6 Å². The van der Waals surface area contributed by atoms with E-state index in [0.29, 0.717) is 6.67 Å². The third-order valence-electron chi connectivity index (χ3n) is 1.70. The summed E-state index contributed by atoms with van der Waals surface area (Å²) in [6.45, 7) is 0.542. The molecule has 3 N–H and O–H groups in total. The molecule has 0 saturated heterocycles. The van der Waals surface area contributed by atoms with Crippen molar-refractivity contribution in [1.82, 2.24) is 5.32 Å². The van der Waals surface area contributed by atoms with Gasteiger partial charge in [-0.15, -0.1) is 0 Å².